The SMILES string of the molecule is SCc1nc(-c2cccs2)cs1. The molecule has 0 saturated carbocycles. The lowest BCUT2D eigenvalue weighted by Gasteiger charge is -1.86. The van der Waals surface area contributed by atoms with Crippen molar-refractivity contribution in [2.45, 2.75) is 5.75 Å². The molecule has 2 rings (SSSR count). The van der Waals surface area contributed by atoms with E-state index in [4.69, 9.17) is 0 Å². The maximum atomic E-state index is 4.42. The summed E-state index contributed by atoms with van der Waals surface area (Å²) in [4.78, 5) is 5.66. The zero-order valence-electron chi connectivity index (χ0n) is 6.23. The van der Waals surface area contributed by atoms with Gasteiger partial charge in [-0.2, -0.15) is 12.6 Å². The molecule has 1 nitrogen and oxygen atoms in total. The molecule has 0 aliphatic heterocycles. The van der Waals surface area contributed by atoms with Gasteiger partial charge < -0.3 is 0 Å². The van der Waals surface area contributed by atoms with Crippen molar-refractivity contribution < 1.29 is 0 Å². The van der Waals surface area contributed by atoms with E-state index >= 15 is 0 Å². The molecule has 62 valence electrons. The van der Waals surface area contributed by atoms with E-state index in [1.807, 2.05) is 6.07 Å². The smallest absolute Gasteiger partial charge is 0.103 e. The van der Waals surface area contributed by atoms with Crippen LogP contribution in [0.5, 0.6) is 0 Å². The van der Waals surface area contributed by atoms with Crippen LogP contribution in [0.1, 0.15) is 5.01 Å². The maximum absolute atomic E-state index is 4.42. The zero-order chi connectivity index (χ0) is 8.39. The van der Waals surface area contributed by atoms with Crippen molar-refractivity contribution in [3.63, 3.8) is 0 Å². The minimum atomic E-state index is 0.732. The van der Waals surface area contributed by atoms with Crippen molar-refractivity contribution in [3.8, 4) is 10.6 Å². The first kappa shape index (κ1) is 8.29. The minimum Gasteiger partial charge on any atom is -0.239 e. The van der Waals surface area contributed by atoms with Crippen molar-refractivity contribution in [2.75, 3.05) is 0 Å². The second kappa shape index (κ2) is 3.60. The van der Waals surface area contributed by atoms with Gasteiger partial charge in [0.15, 0.2) is 0 Å². The van der Waals surface area contributed by atoms with Gasteiger partial charge in [0.25, 0.3) is 0 Å². The van der Waals surface area contributed by atoms with E-state index in [1.165, 1.54) is 4.88 Å². The third kappa shape index (κ3) is 1.55. The fraction of sp³-hybridized carbons (Fsp3) is 0.125. The van der Waals surface area contributed by atoms with E-state index in [9.17, 15) is 0 Å². The highest BCUT2D eigenvalue weighted by Crippen LogP contribution is 2.26. The van der Waals surface area contributed by atoms with Gasteiger partial charge in [0, 0.05) is 11.1 Å². The van der Waals surface area contributed by atoms with Crippen LogP contribution in [0.15, 0.2) is 22.9 Å². The van der Waals surface area contributed by atoms with E-state index in [-0.39, 0.29) is 0 Å². The minimum absolute atomic E-state index is 0.732. The van der Waals surface area contributed by atoms with Gasteiger partial charge in [-0.1, -0.05) is 6.07 Å². The van der Waals surface area contributed by atoms with Crippen LogP contribution < -0.4 is 0 Å². The number of hydrogen-bond donors (Lipinski definition) is 1. The third-order valence-electron chi connectivity index (χ3n) is 1.46. The fourth-order valence-corrected chi connectivity index (χ4v) is 2.63. The molecule has 2 aromatic heterocycles. The predicted molar refractivity (Wildman–Crippen MR) is 58.1 cm³/mol. The van der Waals surface area contributed by atoms with Crippen molar-refractivity contribution in [2.24, 2.45) is 0 Å². The molecule has 0 saturated heterocycles. The van der Waals surface area contributed by atoms with Crippen LogP contribution in [0.2, 0.25) is 0 Å². The Kier molecular flexibility index (Phi) is 2.48. The number of aromatic nitrogens is 1. The maximum Gasteiger partial charge on any atom is 0.103 e. The standard InChI is InChI=1S/C8H7NS3/c10-4-8-9-6(5-12-8)7-2-1-3-11-7/h1-3,5,10H,4H2. The van der Waals surface area contributed by atoms with Gasteiger partial charge >= 0.3 is 0 Å². The van der Waals surface area contributed by atoms with Crippen LogP contribution in [-0.2, 0) is 5.75 Å². The van der Waals surface area contributed by atoms with Crippen molar-refractivity contribution in [3.05, 3.63) is 27.9 Å². The summed E-state index contributed by atoms with van der Waals surface area (Å²) in [5.74, 6) is 0.732. The number of thiol groups is 1. The molecule has 0 amide bonds. The number of nitrogens with zero attached hydrogens (tertiary/aromatic N) is 1. The van der Waals surface area contributed by atoms with Crippen LogP contribution in [0.3, 0.4) is 0 Å². The quantitative estimate of drug-likeness (QED) is 0.755. The molecule has 0 radical (unpaired) electrons. The average Bonchev–Trinajstić information content (AvgIpc) is 2.75. The Labute approximate surface area is 84.5 Å². The van der Waals surface area contributed by atoms with Gasteiger partial charge in [0.2, 0.25) is 0 Å². The lowest BCUT2D eigenvalue weighted by Crippen LogP contribution is -1.74. The largest absolute Gasteiger partial charge is 0.239 e. The molecule has 0 fully saturated rings. The summed E-state index contributed by atoms with van der Waals surface area (Å²) in [6, 6.07) is 4.13. The molecule has 0 N–H and O–H groups in total. The Morgan fingerprint density at radius 3 is 2.92 bits per heavy atom. The summed E-state index contributed by atoms with van der Waals surface area (Å²) >= 11 is 7.56. The van der Waals surface area contributed by atoms with E-state index in [2.05, 4.69) is 34.4 Å². The third-order valence-corrected chi connectivity index (χ3v) is 3.72. The first-order valence-electron chi connectivity index (χ1n) is 3.49. The second-order valence-corrected chi connectivity index (χ2v) is 4.47. The van der Waals surface area contributed by atoms with Crippen molar-refractivity contribution in [1.82, 2.24) is 4.98 Å². The van der Waals surface area contributed by atoms with Crippen LogP contribution >= 0.6 is 35.3 Å². The summed E-state index contributed by atoms with van der Waals surface area (Å²) in [5, 5.41) is 5.23. The van der Waals surface area contributed by atoms with Gasteiger partial charge in [-0.3, -0.25) is 0 Å². The van der Waals surface area contributed by atoms with Crippen LogP contribution in [0.25, 0.3) is 10.6 Å². The summed E-state index contributed by atoms with van der Waals surface area (Å²) in [5.41, 5.74) is 1.08. The summed E-state index contributed by atoms with van der Waals surface area (Å²) in [7, 11) is 0. The summed E-state index contributed by atoms with van der Waals surface area (Å²) < 4.78 is 0. The molecule has 0 unspecified atom stereocenters. The monoisotopic (exact) mass is 213 g/mol. The Morgan fingerprint density at radius 1 is 1.42 bits per heavy atom. The van der Waals surface area contributed by atoms with Crippen LogP contribution in [0, 0.1) is 0 Å². The molecule has 0 aliphatic carbocycles. The molecule has 0 aromatic carbocycles. The highest BCUT2D eigenvalue weighted by atomic mass is 32.1. The fourth-order valence-electron chi connectivity index (χ4n) is 0.921. The highest BCUT2D eigenvalue weighted by Gasteiger charge is 2.02. The van der Waals surface area contributed by atoms with Crippen molar-refractivity contribution in [1.29, 1.82) is 0 Å². The van der Waals surface area contributed by atoms with E-state index < -0.39 is 0 Å². The Balaban J connectivity index is 2.35. The molecule has 4 heteroatoms. The average molecular weight is 213 g/mol. The summed E-state index contributed by atoms with van der Waals surface area (Å²) in [6.45, 7) is 0. The number of rotatable bonds is 2. The molecule has 0 atom stereocenters. The highest BCUT2D eigenvalue weighted by molar-refractivity contribution is 7.79. The van der Waals surface area contributed by atoms with Gasteiger partial charge in [-0.25, -0.2) is 4.98 Å². The normalized spacial score (nSPS) is 10.4. The molecule has 0 spiro atoms. The van der Waals surface area contributed by atoms with Crippen LogP contribution in [-0.4, -0.2) is 4.98 Å². The van der Waals surface area contributed by atoms with Gasteiger partial charge in [-0.05, 0) is 11.4 Å². The lowest BCUT2D eigenvalue weighted by molar-refractivity contribution is 1.28. The molecule has 2 heterocycles. The summed E-state index contributed by atoms with van der Waals surface area (Å²) in [6.07, 6.45) is 0. The van der Waals surface area contributed by atoms with E-state index in [1.54, 1.807) is 22.7 Å². The van der Waals surface area contributed by atoms with Crippen LogP contribution in [0.4, 0.5) is 0 Å². The topological polar surface area (TPSA) is 12.9 Å². The Morgan fingerprint density at radius 2 is 2.33 bits per heavy atom. The first-order chi connectivity index (χ1) is 5.90. The molecule has 0 bridgehead atoms. The van der Waals surface area contributed by atoms with Gasteiger partial charge in [0.05, 0.1) is 10.6 Å². The zero-order valence-corrected chi connectivity index (χ0v) is 8.75. The lowest BCUT2D eigenvalue weighted by atomic mass is 10.4. The van der Waals surface area contributed by atoms with Gasteiger partial charge in [0.1, 0.15) is 5.01 Å². The van der Waals surface area contributed by atoms with Gasteiger partial charge in [-0.15, -0.1) is 22.7 Å². The molecule has 0 aliphatic rings. The Hall–Kier alpha value is -0.320. The molecular formula is C8H7NS3. The second-order valence-electron chi connectivity index (χ2n) is 2.26. The molecule has 12 heavy (non-hydrogen) atoms. The number of thiophene rings is 1. The number of hydrogen-bond acceptors (Lipinski definition) is 4. The molecular weight excluding hydrogens is 206 g/mol. The number of thiazole rings is 1. The predicted octanol–water partition coefficient (Wildman–Crippen LogP) is 3.30. The Bertz CT molecular complexity index is 350. The van der Waals surface area contributed by atoms with E-state index in [0.717, 1.165) is 16.5 Å². The van der Waals surface area contributed by atoms with Crippen molar-refractivity contribution >= 4 is 35.3 Å². The first-order valence-corrected chi connectivity index (χ1v) is 5.88. The van der Waals surface area contributed by atoms with E-state index in [0.29, 0.717) is 0 Å². The molecule has 2 aromatic rings.